The molecule has 245 valence electrons. The van der Waals surface area contributed by atoms with Gasteiger partial charge in [-0.25, -0.2) is 0 Å². The standard InChI is InChI=1S/C29H26NO.C14H16GeN.Ir/c1-19-18-30-25(16-22(19)17-29(2,3)4)21-13-14-26-24(15-21)28-23(11-8-12-27(28)31-26)20-9-6-5-7-10-20;1-15(2,3)13-9-10-14(16-11-13)12-7-5-4-6-8-12;/h5-12,14-16,18H,17H2,1-4H3;4-7,9-11H,1-3H3;/q2*-1;. The molecule has 7 aromatic rings. The van der Waals surface area contributed by atoms with Crippen LogP contribution in [0.4, 0.5) is 0 Å². The number of benzene rings is 4. The second-order valence-electron chi connectivity index (χ2n) is 14.5. The van der Waals surface area contributed by atoms with Gasteiger partial charge in [0.15, 0.2) is 0 Å². The van der Waals surface area contributed by atoms with Crippen molar-refractivity contribution in [1.82, 2.24) is 9.97 Å². The third kappa shape index (κ3) is 8.23. The van der Waals surface area contributed by atoms with Gasteiger partial charge >= 0.3 is 99.8 Å². The maximum absolute atomic E-state index is 6.16. The monoisotopic (exact) mass is 869 g/mol. The van der Waals surface area contributed by atoms with E-state index >= 15 is 0 Å². The molecule has 3 aromatic heterocycles. The molecular weight excluding hydrogens is 825 g/mol. The molecule has 1 radical (unpaired) electrons. The van der Waals surface area contributed by atoms with Crippen molar-refractivity contribution in [2.24, 2.45) is 5.41 Å². The Morgan fingerprint density at radius 3 is 2.15 bits per heavy atom. The summed E-state index contributed by atoms with van der Waals surface area (Å²) in [6, 6.07) is 42.0. The molecule has 0 aliphatic rings. The zero-order valence-corrected chi connectivity index (χ0v) is 33.3. The fraction of sp³-hybridized carbons (Fsp3) is 0.209. The maximum Gasteiger partial charge on any atom is 0 e. The maximum atomic E-state index is 6.16. The van der Waals surface area contributed by atoms with E-state index in [0.29, 0.717) is 0 Å². The molecule has 0 N–H and O–H groups in total. The summed E-state index contributed by atoms with van der Waals surface area (Å²) in [7, 11) is 0. The first-order valence-electron chi connectivity index (χ1n) is 16.3. The molecule has 0 spiro atoms. The van der Waals surface area contributed by atoms with Crippen molar-refractivity contribution in [1.29, 1.82) is 0 Å². The van der Waals surface area contributed by atoms with Crippen LogP contribution >= 0.6 is 0 Å². The minimum absolute atomic E-state index is 0. The topological polar surface area (TPSA) is 38.9 Å². The molecule has 4 aromatic carbocycles. The normalized spacial score (nSPS) is 11.6. The van der Waals surface area contributed by atoms with E-state index < -0.39 is 13.3 Å². The van der Waals surface area contributed by atoms with Gasteiger partial charge in [0.1, 0.15) is 5.58 Å². The van der Waals surface area contributed by atoms with Crippen molar-refractivity contribution < 1.29 is 24.5 Å². The van der Waals surface area contributed by atoms with E-state index in [4.69, 9.17) is 9.40 Å². The summed E-state index contributed by atoms with van der Waals surface area (Å²) in [6.07, 6.45) is 5.04. The van der Waals surface area contributed by atoms with Crippen LogP contribution in [0.2, 0.25) is 17.3 Å². The number of hydrogen-bond acceptors (Lipinski definition) is 3. The largest absolute Gasteiger partial charge is 0 e. The van der Waals surface area contributed by atoms with Crippen molar-refractivity contribution in [3.63, 3.8) is 0 Å². The summed E-state index contributed by atoms with van der Waals surface area (Å²) >= 11 is -1.72. The van der Waals surface area contributed by atoms with E-state index in [1.807, 2.05) is 54.9 Å². The minimum Gasteiger partial charge on any atom is 0 e. The van der Waals surface area contributed by atoms with Gasteiger partial charge in [0.2, 0.25) is 0 Å². The van der Waals surface area contributed by atoms with Gasteiger partial charge in [0, 0.05) is 31.7 Å². The van der Waals surface area contributed by atoms with Crippen LogP contribution in [0, 0.1) is 24.5 Å². The Kier molecular flexibility index (Phi) is 10.9. The molecule has 0 aliphatic carbocycles. The predicted molar refractivity (Wildman–Crippen MR) is 201 cm³/mol. The zero-order valence-electron chi connectivity index (χ0n) is 28.8. The molecule has 0 aliphatic heterocycles. The molecule has 0 bridgehead atoms. The Morgan fingerprint density at radius 1 is 0.729 bits per heavy atom. The van der Waals surface area contributed by atoms with Gasteiger partial charge in [-0.2, -0.15) is 0 Å². The summed E-state index contributed by atoms with van der Waals surface area (Å²) < 4.78 is 7.61. The van der Waals surface area contributed by atoms with Gasteiger partial charge in [-0.15, -0.1) is 23.8 Å². The molecule has 0 saturated heterocycles. The third-order valence-corrected chi connectivity index (χ3v) is 12.6. The van der Waals surface area contributed by atoms with Crippen LogP contribution in [0.1, 0.15) is 31.9 Å². The fourth-order valence-corrected chi connectivity index (χ4v) is 7.97. The molecule has 0 atom stereocenters. The van der Waals surface area contributed by atoms with Gasteiger partial charge in [0.25, 0.3) is 0 Å². The summed E-state index contributed by atoms with van der Waals surface area (Å²) in [6.45, 7) is 8.95. The van der Waals surface area contributed by atoms with Crippen LogP contribution in [0.5, 0.6) is 0 Å². The molecule has 0 amide bonds. The second kappa shape index (κ2) is 14.7. The first kappa shape index (κ1) is 35.5. The van der Waals surface area contributed by atoms with Crippen LogP contribution in [0.15, 0.2) is 120 Å². The summed E-state index contributed by atoms with van der Waals surface area (Å²) in [5.41, 5.74) is 10.9. The Bertz CT molecular complexity index is 2130. The van der Waals surface area contributed by atoms with Crippen LogP contribution in [-0.4, -0.2) is 23.2 Å². The molecular formula is C43H42GeIrN2O-2. The minimum atomic E-state index is -1.72. The molecule has 48 heavy (non-hydrogen) atoms. The molecule has 7 rings (SSSR count). The van der Waals surface area contributed by atoms with Crippen molar-refractivity contribution in [2.75, 3.05) is 0 Å². The van der Waals surface area contributed by atoms with E-state index in [1.54, 1.807) is 0 Å². The number of aryl methyl sites for hydroxylation is 1. The number of aromatic nitrogens is 2. The number of hydrogen-bond donors (Lipinski definition) is 0. The molecule has 3 heterocycles. The predicted octanol–water partition coefficient (Wildman–Crippen LogP) is 11.1. The first-order valence-corrected chi connectivity index (χ1v) is 23.6. The Morgan fingerprint density at radius 2 is 1.48 bits per heavy atom. The van der Waals surface area contributed by atoms with Crippen LogP contribution in [0.3, 0.4) is 0 Å². The van der Waals surface area contributed by atoms with Crippen LogP contribution in [-0.2, 0) is 26.5 Å². The van der Waals surface area contributed by atoms with Crippen molar-refractivity contribution in [2.45, 2.75) is 51.4 Å². The van der Waals surface area contributed by atoms with E-state index in [2.05, 4.69) is 123 Å². The quantitative estimate of drug-likeness (QED) is 0.128. The average molecular weight is 868 g/mol. The summed E-state index contributed by atoms with van der Waals surface area (Å²) in [5.74, 6) is 7.14. The Hall–Kier alpha value is -3.83. The van der Waals surface area contributed by atoms with Crippen LogP contribution in [0.25, 0.3) is 55.6 Å². The number of nitrogens with zero attached hydrogens (tertiary/aromatic N) is 2. The van der Waals surface area contributed by atoms with Gasteiger partial charge in [0.05, 0.1) is 5.58 Å². The van der Waals surface area contributed by atoms with Gasteiger partial charge in [-0.3, -0.25) is 0 Å². The average Bonchev–Trinajstić information content (AvgIpc) is 3.44. The van der Waals surface area contributed by atoms with Crippen molar-refractivity contribution in [3.8, 4) is 33.6 Å². The molecule has 0 fully saturated rings. The summed E-state index contributed by atoms with van der Waals surface area (Å²) in [5, 5.41) is 2.24. The van der Waals surface area contributed by atoms with E-state index in [9.17, 15) is 0 Å². The zero-order chi connectivity index (χ0) is 33.2. The van der Waals surface area contributed by atoms with E-state index in [-0.39, 0.29) is 25.5 Å². The number of furan rings is 1. The Balaban J connectivity index is 0.000000224. The molecule has 0 unspecified atom stereocenters. The fourth-order valence-electron chi connectivity index (χ4n) is 5.80. The van der Waals surface area contributed by atoms with E-state index in [0.717, 1.165) is 50.9 Å². The molecule has 3 nitrogen and oxygen atoms in total. The van der Waals surface area contributed by atoms with Gasteiger partial charge in [-0.05, 0) is 47.2 Å². The van der Waals surface area contributed by atoms with Crippen LogP contribution < -0.4 is 4.40 Å². The second-order valence-corrected chi connectivity index (χ2v) is 25.1. The Labute approximate surface area is 301 Å². The van der Waals surface area contributed by atoms with Crippen molar-refractivity contribution in [3.05, 3.63) is 139 Å². The van der Waals surface area contributed by atoms with E-state index in [1.165, 1.54) is 26.6 Å². The third-order valence-electron chi connectivity index (χ3n) is 8.34. The smallest absolute Gasteiger partial charge is 0 e. The SMILES string of the molecule is Cc1cnc(-c2[c-]cc3oc4cccc(-c5ccccc5)c4c3c2)cc1CC(C)(C)C.[CH3][Ge]([CH3])([CH3])[c]1ccc(-c2[c-]cccc2)nc1.[Ir]. The number of rotatable bonds is 5. The van der Waals surface area contributed by atoms with Gasteiger partial charge in [-0.1, -0.05) is 80.3 Å². The summed E-state index contributed by atoms with van der Waals surface area (Å²) in [4.78, 5) is 9.26. The van der Waals surface area contributed by atoms with Crippen molar-refractivity contribution >= 4 is 39.6 Å². The first-order chi connectivity index (χ1) is 22.5. The number of fused-ring (bicyclic) bond motifs is 3. The molecule has 0 saturated carbocycles. The van der Waals surface area contributed by atoms with Gasteiger partial charge < -0.3 is 9.40 Å². The molecule has 5 heteroatoms. The number of pyridine rings is 2.